The van der Waals surface area contributed by atoms with Crippen molar-refractivity contribution < 1.29 is 18.0 Å². The predicted molar refractivity (Wildman–Crippen MR) is 137 cm³/mol. The van der Waals surface area contributed by atoms with Gasteiger partial charge in [-0.2, -0.15) is 0 Å². The molecule has 1 heterocycles. The molecule has 1 aliphatic heterocycles. The Morgan fingerprint density at radius 3 is 2.40 bits per heavy atom. The summed E-state index contributed by atoms with van der Waals surface area (Å²) >= 11 is 0. The highest BCUT2D eigenvalue weighted by Crippen LogP contribution is 2.23. The van der Waals surface area contributed by atoms with Crippen LogP contribution in [0.5, 0.6) is 0 Å². The van der Waals surface area contributed by atoms with Crippen molar-refractivity contribution in [3.05, 3.63) is 89.5 Å². The number of sulfonamides is 1. The van der Waals surface area contributed by atoms with Gasteiger partial charge >= 0.3 is 0 Å². The number of piperidine rings is 1. The zero-order valence-electron chi connectivity index (χ0n) is 19.9. The minimum absolute atomic E-state index is 0.167. The Balaban J connectivity index is 1.43. The topological polar surface area (TPSA) is 86.8 Å². The van der Waals surface area contributed by atoms with Crippen LogP contribution in [0.1, 0.15) is 40.7 Å². The summed E-state index contributed by atoms with van der Waals surface area (Å²) in [5.74, 6) is -0.132. The molecule has 0 radical (unpaired) electrons. The lowest BCUT2D eigenvalue weighted by molar-refractivity contribution is -0.133. The van der Waals surface area contributed by atoms with Gasteiger partial charge in [0.1, 0.15) is 0 Å². The summed E-state index contributed by atoms with van der Waals surface area (Å²) in [5, 5.41) is 2.88. The highest BCUT2D eigenvalue weighted by Gasteiger charge is 2.21. The van der Waals surface area contributed by atoms with Crippen molar-refractivity contribution in [3.63, 3.8) is 0 Å². The highest BCUT2D eigenvalue weighted by atomic mass is 32.2. The molecule has 2 amide bonds. The third-order valence-corrected chi connectivity index (χ3v) is 7.95. The minimum atomic E-state index is -3.71. The van der Waals surface area contributed by atoms with E-state index in [0.29, 0.717) is 29.9 Å². The van der Waals surface area contributed by atoms with Gasteiger partial charge in [-0.05, 0) is 73.9 Å². The molecule has 0 aromatic heterocycles. The van der Waals surface area contributed by atoms with Gasteiger partial charge in [0.05, 0.1) is 10.6 Å². The lowest BCUT2D eigenvalue weighted by atomic mass is 10.1. The van der Waals surface area contributed by atoms with E-state index in [2.05, 4.69) is 5.32 Å². The molecule has 0 aliphatic carbocycles. The molecule has 1 fully saturated rings. The van der Waals surface area contributed by atoms with Gasteiger partial charge in [-0.3, -0.25) is 13.9 Å². The maximum Gasteiger partial charge on any atom is 0.264 e. The molecule has 0 unspecified atom stereocenters. The molecule has 3 aromatic rings. The normalized spacial score (nSPS) is 14.0. The first-order valence-electron chi connectivity index (χ1n) is 11.6. The number of nitrogens with zero attached hydrogens (tertiary/aromatic N) is 2. The zero-order valence-corrected chi connectivity index (χ0v) is 20.7. The minimum Gasteiger partial charge on any atom is -0.338 e. The summed E-state index contributed by atoms with van der Waals surface area (Å²) in [6.07, 6.45) is 2.55. The predicted octanol–water partition coefficient (Wildman–Crippen LogP) is 4.58. The first-order chi connectivity index (χ1) is 16.7. The number of rotatable bonds is 7. The molecule has 1 saturated heterocycles. The molecule has 35 heavy (non-hydrogen) atoms. The standard InChI is InChI=1S/C27H29N3O4S/c1-20-9-15-25(16-10-20)35(33,34)29(2)24-13-11-22(12-14-24)27(32)28-23-7-5-6-21(18-23)19-30-17-4-3-8-26(30)31/h5-7,9-16,18H,3-4,8,17,19H2,1-2H3,(H,28,32). The van der Waals surface area contributed by atoms with Gasteiger partial charge in [0, 0.05) is 37.8 Å². The van der Waals surface area contributed by atoms with E-state index in [-0.39, 0.29) is 16.7 Å². The Hall–Kier alpha value is -3.65. The molecule has 0 saturated carbocycles. The maximum absolute atomic E-state index is 12.9. The SMILES string of the molecule is Cc1ccc(S(=O)(=O)N(C)c2ccc(C(=O)Nc3cccc(CN4CCCCC4=O)c3)cc2)cc1. The molecule has 0 spiro atoms. The number of carbonyl (C=O) groups excluding carboxylic acids is 2. The molecule has 0 atom stereocenters. The fourth-order valence-corrected chi connectivity index (χ4v) is 5.23. The molecule has 7 nitrogen and oxygen atoms in total. The number of hydrogen-bond donors (Lipinski definition) is 1. The van der Waals surface area contributed by atoms with Crippen LogP contribution in [0.2, 0.25) is 0 Å². The fourth-order valence-electron chi connectivity index (χ4n) is 4.03. The average molecular weight is 492 g/mol. The van der Waals surface area contributed by atoms with E-state index in [4.69, 9.17) is 0 Å². The molecule has 1 aliphatic rings. The third kappa shape index (κ3) is 5.71. The second-order valence-corrected chi connectivity index (χ2v) is 10.7. The van der Waals surface area contributed by atoms with Gasteiger partial charge in [-0.25, -0.2) is 8.42 Å². The second kappa shape index (κ2) is 10.3. The number of aryl methyl sites for hydroxylation is 1. The van der Waals surface area contributed by atoms with Crippen LogP contribution in [0.25, 0.3) is 0 Å². The molecule has 4 rings (SSSR count). The summed E-state index contributed by atoms with van der Waals surface area (Å²) in [5.41, 5.74) is 3.44. The first kappa shape index (κ1) is 24.5. The number of anilines is 2. The summed E-state index contributed by atoms with van der Waals surface area (Å²) in [6.45, 7) is 3.19. The summed E-state index contributed by atoms with van der Waals surface area (Å²) in [6, 6.07) is 20.6. The monoisotopic (exact) mass is 491 g/mol. The summed E-state index contributed by atoms with van der Waals surface area (Å²) < 4.78 is 27.0. The average Bonchev–Trinajstić information content (AvgIpc) is 2.85. The van der Waals surface area contributed by atoms with Crippen molar-refractivity contribution in [2.45, 2.75) is 37.6 Å². The van der Waals surface area contributed by atoms with Crippen LogP contribution in [-0.4, -0.2) is 38.7 Å². The number of carbonyl (C=O) groups is 2. The van der Waals surface area contributed by atoms with Crippen LogP contribution in [-0.2, 0) is 21.4 Å². The van der Waals surface area contributed by atoms with Crippen LogP contribution in [0.4, 0.5) is 11.4 Å². The molecular weight excluding hydrogens is 462 g/mol. The van der Waals surface area contributed by atoms with E-state index in [1.54, 1.807) is 54.6 Å². The number of hydrogen-bond acceptors (Lipinski definition) is 4. The second-order valence-electron chi connectivity index (χ2n) is 8.76. The van der Waals surface area contributed by atoms with Crippen LogP contribution in [0.3, 0.4) is 0 Å². The van der Waals surface area contributed by atoms with Crippen molar-refractivity contribution in [3.8, 4) is 0 Å². The molecule has 0 bridgehead atoms. The Morgan fingerprint density at radius 2 is 1.71 bits per heavy atom. The Labute approximate surface area is 206 Å². The number of amides is 2. The van der Waals surface area contributed by atoms with E-state index < -0.39 is 10.0 Å². The first-order valence-corrected chi connectivity index (χ1v) is 13.0. The Kier molecular flexibility index (Phi) is 7.21. The maximum atomic E-state index is 12.9. The summed E-state index contributed by atoms with van der Waals surface area (Å²) in [7, 11) is -2.22. The Bertz CT molecular complexity index is 1320. The van der Waals surface area contributed by atoms with Crippen LogP contribution in [0.15, 0.2) is 77.7 Å². The molecule has 8 heteroatoms. The molecule has 3 aromatic carbocycles. The molecule has 1 N–H and O–H groups in total. The van der Waals surface area contributed by atoms with Gasteiger partial charge in [-0.15, -0.1) is 0 Å². The Morgan fingerprint density at radius 1 is 1.00 bits per heavy atom. The van der Waals surface area contributed by atoms with Gasteiger partial charge in [0.2, 0.25) is 5.91 Å². The van der Waals surface area contributed by atoms with E-state index in [9.17, 15) is 18.0 Å². The van der Waals surface area contributed by atoms with E-state index >= 15 is 0 Å². The van der Waals surface area contributed by atoms with Crippen LogP contribution in [0, 0.1) is 6.92 Å². The largest absolute Gasteiger partial charge is 0.338 e. The van der Waals surface area contributed by atoms with Gasteiger partial charge in [0.25, 0.3) is 15.9 Å². The summed E-state index contributed by atoms with van der Waals surface area (Å²) in [4.78, 5) is 26.9. The van der Waals surface area contributed by atoms with E-state index in [1.165, 1.54) is 11.4 Å². The van der Waals surface area contributed by atoms with Crippen molar-refractivity contribution in [2.24, 2.45) is 0 Å². The number of nitrogens with one attached hydrogen (secondary N) is 1. The van der Waals surface area contributed by atoms with Crippen molar-refractivity contribution in [1.29, 1.82) is 0 Å². The quantitative estimate of drug-likeness (QED) is 0.524. The zero-order chi connectivity index (χ0) is 25.0. The lowest BCUT2D eigenvalue weighted by Crippen LogP contribution is -2.34. The third-order valence-electron chi connectivity index (χ3n) is 6.15. The smallest absolute Gasteiger partial charge is 0.264 e. The van der Waals surface area contributed by atoms with Crippen molar-refractivity contribution in [2.75, 3.05) is 23.2 Å². The number of likely N-dealkylation sites (tertiary alicyclic amines) is 1. The highest BCUT2D eigenvalue weighted by molar-refractivity contribution is 7.92. The lowest BCUT2D eigenvalue weighted by Gasteiger charge is -2.26. The molecule has 182 valence electrons. The fraction of sp³-hybridized carbons (Fsp3) is 0.259. The number of benzene rings is 3. The van der Waals surface area contributed by atoms with E-state index in [1.807, 2.05) is 30.0 Å². The van der Waals surface area contributed by atoms with E-state index in [0.717, 1.165) is 30.5 Å². The van der Waals surface area contributed by atoms with Crippen LogP contribution < -0.4 is 9.62 Å². The van der Waals surface area contributed by atoms with Crippen molar-refractivity contribution >= 4 is 33.2 Å². The van der Waals surface area contributed by atoms with Gasteiger partial charge < -0.3 is 10.2 Å². The van der Waals surface area contributed by atoms with Gasteiger partial charge in [0.15, 0.2) is 0 Å². The molecular formula is C27H29N3O4S. The van der Waals surface area contributed by atoms with Gasteiger partial charge in [-0.1, -0.05) is 29.8 Å². The van der Waals surface area contributed by atoms with Crippen molar-refractivity contribution in [1.82, 2.24) is 4.90 Å². The van der Waals surface area contributed by atoms with Crippen LogP contribution >= 0.6 is 0 Å².